The number of ether oxygens (including phenoxy) is 1. The first-order valence-electron chi connectivity index (χ1n) is 6.37. The minimum Gasteiger partial charge on any atom is -0.469 e. The molecule has 1 saturated heterocycles. The number of carbonyl (C=O) groups is 1. The van der Waals surface area contributed by atoms with Gasteiger partial charge in [0.25, 0.3) is 0 Å². The van der Waals surface area contributed by atoms with E-state index in [0.717, 1.165) is 24.1 Å². The van der Waals surface area contributed by atoms with Crippen molar-refractivity contribution in [2.24, 2.45) is 5.92 Å². The second-order valence-corrected chi connectivity index (χ2v) is 4.96. The van der Waals surface area contributed by atoms with Crippen LogP contribution in [0, 0.1) is 5.92 Å². The van der Waals surface area contributed by atoms with Crippen molar-refractivity contribution in [1.29, 1.82) is 0 Å². The lowest BCUT2D eigenvalue weighted by molar-refractivity contribution is -0.141. The second-order valence-electron chi connectivity index (χ2n) is 4.96. The monoisotopic (exact) mass is 287 g/mol. The molecule has 2 rings (SSSR count). The van der Waals surface area contributed by atoms with Crippen LogP contribution in [0.1, 0.15) is 30.0 Å². The van der Waals surface area contributed by atoms with Crippen LogP contribution < -0.4 is 5.32 Å². The van der Waals surface area contributed by atoms with Gasteiger partial charge in [0.1, 0.15) is 0 Å². The van der Waals surface area contributed by atoms with Crippen molar-refractivity contribution in [3.05, 3.63) is 35.4 Å². The number of carbonyl (C=O) groups excluding carboxylic acids is 1. The predicted octanol–water partition coefficient (Wildman–Crippen LogP) is 2.92. The van der Waals surface area contributed by atoms with Gasteiger partial charge < -0.3 is 10.1 Å². The number of hydrogen-bond acceptors (Lipinski definition) is 3. The Balaban J connectivity index is 1.98. The fraction of sp³-hybridized carbons (Fsp3) is 0.500. The first kappa shape index (κ1) is 14.8. The van der Waals surface area contributed by atoms with Crippen LogP contribution in [0.3, 0.4) is 0 Å². The summed E-state index contributed by atoms with van der Waals surface area (Å²) in [5.74, 6) is -0.0976. The van der Waals surface area contributed by atoms with Gasteiger partial charge in [-0.1, -0.05) is 12.1 Å². The van der Waals surface area contributed by atoms with Crippen molar-refractivity contribution in [3.63, 3.8) is 0 Å². The Morgan fingerprint density at radius 3 is 2.55 bits per heavy atom. The zero-order valence-corrected chi connectivity index (χ0v) is 11.0. The average molecular weight is 287 g/mol. The van der Waals surface area contributed by atoms with E-state index in [9.17, 15) is 18.0 Å². The van der Waals surface area contributed by atoms with Gasteiger partial charge in [-0.3, -0.25) is 4.79 Å². The third-order valence-corrected chi connectivity index (χ3v) is 3.55. The van der Waals surface area contributed by atoms with E-state index in [1.807, 2.05) is 0 Å². The lowest BCUT2D eigenvalue weighted by Gasteiger charge is -2.13. The minimum atomic E-state index is -4.31. The maximum atomic E-state index is 12.5. The number of rotatable bonds is 3. The molecule has 6 heteroatoms. The Morgan fingerprint density at radius 2 is 2.00 bits per heavy atom. The Hall–Kier alpha value is -1.56. The highest BCUT2D eigenvalue weighted by atomic mass is 19.4. The smallest absolute Gasteiger partial charge is 0.416 e. The molecule has 1 N–H and O–H groups in total. The van der Waals surface area contributed by atoms with Gasteiger partial charge in [0, 0.05) is 12.5 Å². The second kappa shape index (κ2) is 5.83. The third kappa shape index (κ3) is 3.50. The van der Waals surface area contributed by atoms with Crippen molar-refractivity contribution < 1.29 is 22.7 Å². The molecule has 0 aromatic heterocycles. The molecule has 0 bridgehead atoms. The van der Waals surface area contributed by atoms with Gasteiger partial charge in [0.05, 0.1) is 12.7 Å². The van der Waals surface area contributed by atoms with E-state index >= 15 is 0 Å². The summed E-state index contributed by atoms with van der Waals surface area (Å²) in [5, 5.41) is 3.22. The molecular weight excluding hydrogens is 271 g/mol. The summed E-state index contributed by atoms with van der Waals surface area (Å²) in [5.41, 5.74) is 0.163. The number of halogens is 3. The molecule has 1 fully saturated rings. The molecule has 1 heterocycles. The highest BCUT2D eigenvalue weighted by Gasteiger charge is 2.31. The van der Waals surface area contributed by atoms with Gasteiger partial charge >= 0.3 is 12.1 Å². The molecule has 0 unspecified atom stereocenters. The summed E-state index contributed by atoms with van der Waals surface area (Å²) in [4.78, 5) is 11.2. The normalized spacial score (nSPS) is 22.8. The standard InChI is InChI=1S/C14H16F3NO2/c1-20-13(19)7-9-6-12(18-8-9)10-2-4-11(5-3-10)14(15,16)17/h2-5,9,12,18H,6-8H2,1H3/t9-,12+/m0/s1. The van der Waals surface area contributed by atoms with Gasteiger partial charge in [0.15, 0.2) is 0 Å². The number of alkyl halides is 3. The summed E-state index contributed by atoms with van der Waals surface area (Å²) < 4.78 is 42.0. The van der Waals surface area contributed by atoms with E-state index in [1.165, 1.54) is 19.2 Å². The number of methoxy groups -OCH3 is 1. The largest absolute Gasteiger partial charge is 0.469 e. The van der Waals surface area contributed by atoms with E-state index in [0.29, 0.717) is 13.0 Å². The van der Waals surface area contributed by atoms with Crippen LogP contribution in [0.25, 0.3) is 0 Å². The third-order valence-electron chi connectivity index (χ3n) is 3.55. The Bertz CT molecular complexity index is 470. The highest BCUT2D eigenvalue weighted by molar-refractivity contribution is 5.69. The van der Waals surface area contributed by atoms with Crippen LogP contribution in [0.15, 0.2) is 24.3 Å². The van der Waals surface area contributed by atoms with Crippen LogP contribution >= 0.6 is 0 Å². The molecule has 1 aromatic rings. The van der Waals surface area contributed by atoms with Crippen molar-refractivity contribution >= 4 is 5.97 Å². The molecular formula is C14H16F3NO2. The van der Waals surface area contributed by atoms with Crippen LogP contribution in [-0.4, -0.2) is 19.6 Å². The molecule has 110 valence electrons. The van der Waals surface area contributed by atoms with E-state index < -0.39 is 11.7 Å². The van der Waals surface area contributed by atoms with Gasteiger partial charge in [-0.15, -0.1) is 0 Å². The molecule has 3 nitrogen and oxygen atoms in total. The molecule has 0 spiro atoms. The summed E-state index contributed by atoms with van der Waals surface area (Å²) in [6.07, 6.45) is -3.25. The summed E-state index contributed by atoms with van der Waals surface area (Å²) in [6.45, 7) is 0.667. The lowest BCUT2D eigenvalue weighted by Crippen LogP contribution is -2.15. The minimum absolute atomic E-state index is 0.00746. The molecule has 20 heavy (non-hydrogen) atoms. The number of nitrogens with one attached hydrogen (secondary N) is 1. The Kier molecular flexibility index (Phi) is 4.32. The SMILES string of the molecule is COC(=O)C[C@H]1CN[C@@H](c2ccc(C(F)(F)F)cc2)C1. The van der Waals surface area contributed by atoms with Crippen molar-refractivity contribution in [2.75, 3.05) is 13.7 Å². The van der Waals surface area contributed by atoms with Gasteiger partial charge in [0.2, 0.25) is 0 Å². The summed E-state index contributed by atoms with van der Waals surface area (Å²) >= 11 is 0. The van der Waals surface area contributed by atoms with Crippen molar-refractivity contribution in [3.8, 4) is 0 Å². The highest BCUT2D eigenvalue weighted by Crippen LogP contribution is 2.33. The molecule has 0 saturated carbocycles. The number of esters is 1. The predicted molar refractivity (Wildman–Crippen MR) is 66.9 cm³/mol. The fourth-order valence-corrected chi connectivity index (χ4v) is 2.44. The molecule has 0 amide bonds. The summed E-state index contributed by atoms with van der Waals surface area (Å²) in [6, 6.07) is 5.14. The first-order chi connectivity index (χ1) is 9.40. The molecule has 1 aliphatic rings. The molecule has 1 aromatic carbocycles. The zero-order chi connectivity index (χ0) is 14.8. The van der Waals surface area contributed by atoms with E-state index in [2.05, 4.69) is 10.1 Å². The topological polar surface area (TPSA) is 38.3 Å². The van der Waals surface area contributed by atoms with E-state index in [1.54, 1.807) is 0 Å². The maximum absolute atomic E-state index is 12.5. The fourth-order valence-electron chi connectivity index (χ4n) is 2.44. The van der Waals surface area contributed by atoms with Gasteiger partial charge in [-0.05, 0) is 36.6 Å². The van der Waals surface area contributed by atoms with E-state index in [-0.39, 0.29) is 17.9 Å². The van der Waals surface area contributed by atoms with Crippen LogP contribution in [0.2, 0.25) is 0 Å². The van der Waals surface area contributed by atoms with Crippen LogP contribution in [0.5, 0.6) is 0 Å². The van der Waals surface area contributed by atoms with Gasteiger partial charge in [-0.2, -0.15) is 13.2 Å². The Labute approximate surface area is 115 Å². The molecule has 2 atom stereocenters. The van der Waals surface area contributed by atoms with E-state index in [4.69, 9.17) is 0 Å². The maximum Gasteiger partial charge on any atom is 0.416 e. The number of benzene rings is 1. The first-order valence-corrected chi connectivity index (χ1v) is 6.37. The summed E-state index contributed by atoms with van der Waals surface area (Å²) in [7, 11) is 1.35. The number of hydrogen-bond donors (Lipinski definition) is 1. The lowest BCUT2D eigenvalue weighted by atomic mass is 9.97. The quantitative estimate of drug-likeness (QED) is 0.869. The molecule has 0 radical (unpaired) electrons. The molecule has 1 aliphatic heterocycles. The van der Waals surface area contributed by atoms with Crippen LogP contribution in [0.4, 0.5) is 13.2 Å². The average Bonchev–Trinajstić information content (AvgIpc) is 2.86. The zero-order valence-electron chi connectivity index (χ0n) is 11.0. The van der Waals surface area contributed by atoms with Crippen molar-refractivity contribution in [1.82, 2.24) is 5.32 Å². The molecule has 0 aliphatic carbocycles. The van der Waals surface area contributed by atoms with Crippen molar-refractivity contribution in [2.45, 2.75) is 25.1 Å². The van der Waals surface area contributed by atoms with Gasteiger partial charge in [-0.25, -0.2) is 0 Å². The van der Waals surface area contributed by atoms with Crippen LogP contribution in [-0.2, 0) is 15.7 Å². The Morgan fingerprint density at radius 1 is 1.35 bits per heavy atom.